The van der Waals surface area contributed by atoms with Crippen molar-refractivity contribution in [3.63, 3.8) is 0 Å². The van der Waals surface area contributed by atoms with Crippen LogP contribution in [0.2, 0.25) is 0 Å². The number of methoxy groups -OCH3 is 1. The highest BCUT2D eigenvalue weighted by Gasteiger charge is 2.01. The molecule has 0 aliphatic carbocycles. The van der Waals surface area contributed by atoms with Crippen LogP contribution >= 0.6 is 0 Å². The van der Waals surface area contributed by atoms with Gasteiger partial charge in [0.15, 0.2) is 0 Å². The first-order valence-electron chi connectivity index (χ1n) is 8.16. The molecular weight excluding hydrogens is 314 g/mol. The lowest BCUT2D eigenvalue weighted by molar-refractivity contribution is 0.414. The van der Waals surface area contributed by atoms with Gasteiger partial charge in [-0.15, -0.1) is 0 Å². The Morgan fingerprint density at radius 3 is 2.76 bits per heavy atom. The summed E-state index contributed by atoms with van der Waals surface area (Å²) in [5.74, 6) is 2.27. The molecule has 0 aliphatic rings. The Kier molecular flexibility index (Phi) is 5.77. The molecule has 128 valence electrons. The zero-order valence-corrected chi connectivity index (χ0v) is 14.1. The van der Waals surface area contributed by atoms with Crippen molar-refractivity contribution in [3.05, 3.63) is 72.2 Å². The Morgan fingerprint density at radius 1 is 1.00 bits per heavy atom. The van der Waals surface area contributed by atoms with E-state index in [1.165, 1.54) is 5.56 Å². The number of benzene rings is 1. The van der Waals surface area contributed by atoms with E-state index in [0.717, 1.165) is 30.1 Å². The highest BCUT2D eigenvalue weighted by Crippen LogP contribution is 2.13. The van der Waals surface area contributed by atoms with E-state index in [9.17, 15) is 0 Å². The third-order valence-electron chi connectivity index (χ3n) is 3.68. The largest absolute Gasteiger partial charge is 0.497 e. The fourth-order valence-corrected chi connectivity index (χ4v) is 2.39. The molecule has 0 fully saturated rings. The molecule has 25 heavy (non-hydrogen) atoms. The molecule has 0 spiro atoms. The number of aromatic nitrogens is 3. The number of nitrogens with one attached hydrogen (secondary N) is 2. The summed E-state index contributed by atoms with van der Waals surface area (Å²) in [4.78, 5) is 12.8. The minimum Gasteiger partial charge on any atom is -0.497 e. The van der Waals surface area contributed by atoms with Gasteiger partial charge in [0, 0.05) is 31.7 Å². The number of ether oxygens (including phenoxy) is 1. The number of rotatable bonds is 8. The van der Waals surface area contributed by atoms with Crippen LogP contribution in [0.4, 0.5) is 11.8 Å². The third-order valence-corrected chi connectivity index (χ3v) is 3.68. The first-order chi connectivity index (χ1) is 12.3. The van der Waals surface area contributed by atoms with Gasteiger partial charge in [-0.3, -0.25) is 4.98 Å². The maximum Gasteiger partial charge on any atom is 0.224 e. The van der Waals surface area contributed by atoms with Gasteiger partial charge in [-0.25, -0.2) is 4.98 Å². The molecule has 0 radical (unpaired) electrons. The zero-order chi connectivity index (χ0) is 17.3. The number of pyridine rings is 1. The third kappa shape index (κ3) is 5.17. The van der Waals surface area contributed by atoms with Crippen molar-refractivity contribution < 1.29 is 4.74 Å². The molecule has 0 saturated carbocycles. The van der Waals surface area contributed by atoms with Crippen LogP contribution in [-0.2, 0) is 13.0 Å². The fraction of sp³-hybridized carbons (Fsp3) is 0.211. The normalized spacial score (nSPS) is 10.3. The summed E-state index contributed by atoms with van der Waals surface area (Å²) in [6.07, 6.45) is 6.21. The van der Waals surface area contributed by atoms with Gasteiger partial charge in [0.2, 0.25) is 5.95 Å². The summed E-state index contributed by atoms with van der Waals surface area (Å²) in [5.41, 5.74) is 2.30. The molecule has 3 rings (SSSR count). The van der Waals surface area contributed by atoms with E-state index in [2.05, 4.69) is 31.7 Å². The standard InChI is InChI=1S/C19H21N5O/c1-25-17-6-2-4-15(12-17)7-10-21-18-8-11-22-19(24-18)23-14-16-5-3-9-20-13-16/h2-6,8-9,11-13H,7,10,14H2,1H3,(H2,21,22,23,24). The van der Waals surface area contributed by atoms with E-state index in [1.54, 1.807) is 19.5 Å². The van der Waals surface area contributed by atoms with Crippen LogP contribution in [0.5, 0.6) is 5.75 Å². The maximum absolute atomic E-state index is 5.24. The molecule has 1 aromatic carbocycles. The average Bonchev–Trinajstić information content (AvgIpc) is 2.68. The van der Waals surface area contributed by atoms with Crippen molar-refractivity contribution in [2.45, 2.75) is 13.0 Å². The molecule has 6 heteroatoms. The first kappa shape index (κ1) is 16.7. The smallest absolute Gasteiger partial charge is 0.224 e. The average molecular weight is 335 g/mol. The lowest BCUT2D eigenvalue weighted by Crippen LogP contribution is -2.09. The van der Waals surface area contributed by atoms with Crippen LogP contribution in [-0.4, -0.2) is 28.6 Å². The summed E-state index contributed by atoms with van der Waals surface area (Å²) in [6.45, 7) is 1.42. The second-order valence-corrected chi connectivity index (χ2v) is 5.51. The minimum absolute atomic E-state index is 0.593. The van der Waals surface area contributed by atoms with E-state index in [4.69, 9.17) is 4.74 Å². The molecule has 0 bridgehead atoms. The van der Waals surface area contributed by atoms with Crippen LogP contribution in [0.3, 0.4) is 0 Å². The molecule has 3 aromatic rings. The minimum atomic E-state index is 0.593. The van der Waals surface area contributed by atoms with Gasteiger partial charge in [-0.1, -0.05) is 18.2 Å². The lowest BCUT2D eigenvalue weighted by Gasteiger charge is -2.09. The van der Waals surface area contributed by atoms with Gasteiger partial charge >= 0.3 is 0 Å². The van der Waals surface area contributed by atoms with Gasteiger partial charge < -0.3 is 15.4 Å². The monoisotopic (exact) mass is 335 g/mol. The van der Waals surface area contributed by atoms with E-state index < -0.39 is 0 Å². The Balaban J connectivity index is 1.51. The summed E-state index contributed by atoms with van der Waals surface area (Å²) in [7, 11) is 1.68. The van der Waals surface area contributed by atoms with E-state index >= 15 is 0 Å². The van der Waals surface area contributed by atoms with Crippen LogP contribution in [0.15, 0.2) is 61.1 Å². The van der Waals surface area contributed by atoms with E-state index in [-0.39, 0.29) is 0 Å². The Labute approximate surface area is 147 Å². The molecule has 0 atom stereocenters. The number of anilines is 2. The van der Waals surface area contributed by atoms with Crippen LogP contribution in [0.1, 0.15) is 11.1 Å². The first-order valence-corrected chi connectivity index (χ1v) is 8.16. The molecule has 6 nitrogen and oxygen atoms in total. The molecular formula is C19H21N5O. The molecule has 0 amide bonds. The SMILES string of the molecule is COc1cccc(CCNc2ccnc(NCc3cccnc3)n2)c1. The topological polar surface area (TPSA) is 72.0 Å². The Hall–Kier alpha value is -3.15. The summed E-state index contributed by atoms with van der Waals surface area (Å²) in [6, 6.07) is 13.9. The maximum atomic E-state index is 5.24. The van der Waals surface area contributed by atoms with Crippen molar-refractivity contribution in [1.29, 1.82) is 0 Å². The van der Waals surface area contributed by atoms with Crippen LogP contribution in [0.25, 0.3) is 0 Å². The highest BCUT2D eigenvalue weighted by molar-refractivity contribution is 5.40. The van der Waals surface area contributed by atoms with Gasteiger partial charge in [0.1, 0.15) is 11.6 Å². The van der Waals surface area contributed by atoms with Crippen molar-refractivity contribution in [3.8, 4) is 5.75 Å². The molecule has 2 aromatic heterocycles. The predicted molar refractivity (Wildman–Crippen MR) is 98.8 cm³/mol. The van der Waals surface area contributed by atoms with Gasteiger partial charge in [-0.2, -0.15) is 4.98 Å². The summed E-state index contributed by atoms with van der Waals surface area (Å²) in [5, 5.41) is 6.53. The zero-order valence-electron chi connectivity index (χ0n) is 14.1. The van der Waals surface area contributed by atoms with Crippen molar-refractivity contribution in [2.24, 2.45) is 0 Å². The van der Waals surface area contributed by atoms with Crippen LogP contribution in [0, 0.1) is 0 Å². The fourth-order valence-electron chi connectivity index (χ4n) is 2.39. The quantitative estimate of drug-likeness (QED) is 0.659. The Bertz CT molecular complexity index is 795. The van der Waals surface area contributed by atoms with Gasteiger partial charge in [-0.05, 0) is 41.8 Å². The van der Waals surface area contributed by atoms with Crippen molar-refractivity contribution in [2.75, 3.05) is 24.3 Å². The predicted octanol–water partition coefficient (Wildman–Crippen LogP) is 3.15. The molecule has 2 heterocycles. The second kappa shape index (κ2) is 8.63. The number of hydrogen-bond donors (Lipinski definition) is 2. The van der Waals surface area contributed by atoms with Crippen LogP contribution < -0.4 is 15.4 Å². The van der Waals surface area contributed by atoms with E-state index in [0.29, 0.717) is 12.5 Å². The molecule has 0 saturated heterocycles. The molecule has 2 N–H and O–H groups in total. The Morgan fingerprint density at radius 2 is 1.92 bits per heavy atom. The second-order valence-electron chi connectivity index (χ2n) is 5.51. The summed E-state index contributed by atoms with van der Waals surface area (Å²) < 4.78 is 5.24. The highest BCUT2D eigenvalue weighted by atomic mass is 16.5. The summed E-state index contributed by atoms with van der Waals surface area (Å²) >= 11 is 0. The van der Waals surface area contributed by atoms with Gasteiger partial charge in [0.05, 0.1) is 7.11 Å². The molecule has 0 aliphatic heterocycles. The van der Waals surface area contributed by atoms with Gasteiger partial charge in [0.25, 0.3) is 0 Å². The van der Waals surface area contributed by atoms with E-state index in [1.807, 2.05) is 42.6 Å². The van der Waals surface area contributed by atoms with Crippen molar-refractivity contribution >= 4 is 11.8 Å². The lowest BCUT2D eigenvalue weighted by atomic mass is 10.1. The molecule has 0 unspecified atom stereocenters. The van der Waals surface area contributed by atoms with Crippen molar-refractivity contribution in [1.82, 2.24) is 15.0 Å². The number of nitrogens with zero attached hydrogens (tertiary/aromatic N) is 3. The number of hydrogen-bond acceptors (Lipinski definition) is 6.